The molecule has 10 heteroatoms. The van der Waals surface area contributed by atoms with Crippen molar-refractivity contribution in [3.63, 3.8) is 0 Å². The van der Waals surface area contributed by atoms with Gasteiger partial charge in [0.2, 0.25) is 11.7 Å². The molecule has 0 saturated carbocycles. The van der Waals surface area contributed by atoms with E-state index in [-0.39, 0.29) is 5.13 Å². The van der Waals surface area contributed by atoms with Gasteiger partial charge in [0.1, 0.15) is 5.75 Å². The van der Waals surface area contributed by atoms with Gasteiger partial charge in [-0.2, -0.15) is 0 Å². The Bertz CT molecular complexity index is 1050. The summed E-state index contributed by atoms with van der Waals surface area (Å²) in [6, 6.07) is 6.99. The summed E-state index contributed by atoms with van der Waals surface area (Å²) >= 11 is 1.11. The first-order valence-corrected chi connectivity index (χ1v) is 8.96. The molecule has 4 nitrogen and oxygen atoms in total. The van der Waals surface area contributed by atoms with Gasteiger partial charge in [0, 0.05) is 16.0 Å². The molecule has 2 aromatic carbocycles. The number of carbonyl (C=O) groups excluding carboxylic acids is 1. The predicted octanol–water partition coefficient (Wildman–Crippen LogP) is 5.00. The zero-order valence-electron chi connectivity index (χ0n) is 15.1. The molecule has 1 amide bonds. The first-order chi connectivity index (χ1) is 13.7. The highest BCUT2D eigenvalue weighted by atomic mass is 32.1. The molecule has 0 bridgehead atoms. The first-order valence-electron chi connectivity index (χ1n) is 8.15. The molecule has 1 aromatic heterocycles. The van der Waals surface area contributed by atoms with Crippen LogP contribution in [0.1, 0.15) is 10.4 Å². The summed E-state index contributed by atoms with van der Waals surface area (Å²) in [5.74, 6) is -10.9. The average Bonchev–Trinajstić information content (AvgIpc) is 3.08. The molecular weight excluding hydrogens is 415 g/mol. The number of benzene rings is 2. The van der Waals surface area contributed by atoms with Gasteiger partial charge >= 0.3 is 0 Å². The third-order valence-corrected chi connectivity index (χ3v) is 4.93. The number of hydrogen-bond donors (Lipinski definition) is 1. The normalized spacial score (nSPS) is 10.9. The van der Waals surface area contributed by atoms with E-state index in [1.165, 1.54) is 7.11 Å². The maximum atomic E-state index is 13.7. The fraction of sp³-hybridized carbons (Fsp3) is 0.158. The van der Waals surface area contributed by atoms with Gasteiger partial charge in [0.15, 0.2) is 28.4 Å². The summed E-state index contributed by atoms with van der Waals surface area (Å²) in [4.78, 5) is 17.1. The molecule has 0 aliphatic rings. The van der Waals surface area contributed by atoms with Crippen molar-refractivity contribution in [2.45, 2.75) is 13.3 Å². The molecule has 0 aliphatic carbocycles. The number of rotatable bonds is 5. The highest BCUT2D eigenvalue weighted by molar-refractivity contribution is 7.16. The van der Waals surface area contributed by atoms with E-state index in [1.807, 2.05) is 0 Å². The van der Waals surface area contributed by atoms with Gasteiger partial charge in [-0.15, -0.1) is 11.3 Å². The van der Waals surface area contributed by atoms with Gasteiger partial charge in [-0.3, -0.25) is 4.79 Å². The Kier molecular flexibility index (Phi) is 5.83. The van der Waals surface area contributed by atoms with Crippen molar-refractivity contribution in [1.82, 2.24) is 4.98 Å². The maximum Gasteiger partial charge on any atom is 0.230 e. The molecule has 3 aromatic rings. The third-order valence-electron chi connectivity index (χ3n) is 4.04. The number of hydrogen-bond acceptors (Lipinski definition) is 4. The van der Waals surface area contributed by atoms with Gasteiger partial charge in [-0.1, -0.05) is 0 Å². The third kappa shape index (κ3) is 4.07. The monoisotopic (exact) mass is 428 g/mol. The summed E-state index contributed by atoms with van der Waals surface area (Å²) in [6.07, 6.45) is -1.04. The van der Waals surface area contributed by atoms with Gasteiger partial charge in [0.25, 0.3) is 0 Å². The minimum absolute atomic E-state index is 0.127. The molecule has 0 saturated heterocycles. The predicted molar refractivity (Wildman–Crippen MR) is 97.4 cm³/mol. The Labute approximate surface area is 166 Å². The number of nitrogens with zero attached hydrogens (tertiary/aromatic N) is 1. The lowest BCUT2D eigenvalue weighted by atomic mass is 10.1. The van der Waals surface area contributed by atoms with Crippen molar-refractivity contribution in [2.24, 2.45) is 0 Å². The molecule has 1 heterocycles. The summed E-state index contributed by atoms with van der Waals surface area (Å²) < 4.78 is 72.2. The maximum absolute atomic E-state index is 13.7. The van der Waals surface area contributed by atoms with Crippen LogP contribution >= 0.6 is 11.3 Å². The van der Waals surface area contributed by atoms with Crippen molar-refractivity contribution in [1.29, 1.82) is 0 Å². The van der Waals surface area contributed by atoms with Crippen LogP contribution in [0.3, 0.4) is 0 Å². The van der Waals surface area contributed by atoms with E-state index in [0.717, 1.165) is 21.8 Å². The van der Waals surface area contributed by atoms with Gasteiger partial charge < -0.3 is 10.1 Å². The standard InChI is InChI=1S/C19H13F5N2O2S/c1-8-18(9-3-5-10(28-2)6-4-9)26-19(29-8)25-12(27)7-11-13(20)15(22)17(24)16(23)14(11)21/h3-6H,7H2,1-2H3,(H,25,26,27). The summed E-state index contributed by atoms with van der Waals surface area (Å²) in [5, 5.41) is 2.45. The van der Waals surface area contributed by atoms with Crippen molar-refractivity contribution < 1.29 is 31.5 Å². The van der Waals surface area contributed by atoms with Crippen LogP contribution in [0.5, 0.6) is 5.75 Å². The van der Waals surface area contributed by atoms with E-state index in [9.17, 15) is 26.7 Å². The highest BCUT2D eigenvalue weighted by Crippen LogP contribution is 2.31. The van der Waals surface area contributed by atoms with Crippen molar-refractivity contribution in [3.05, 3.63) is 63.8 Å². The topological polar surface area (TPSA) is 51.2 Å². The zero-order valence-corrected chi connectivity index (χ0v) is 15.9. The highest BCUT2D eigenvalue weighted by Gasteiger charge is 2.27. The first kappa shape index (κ1) is 20.7. The molecule has 152 valence electrons. The lowest BCUT2D eigenvalue weighted by Gasteiger charge is -2.07. The number of amides is 1. The molecule has 0 fully saturated rings. The SMILES string of the molecule is COc1ccc(-c2nc(NC(=O)Cc3c(F)c(F)c(F)c(F)c3F)sc2C)cc1. The Balaban J connectivity index is 1.80. The number of thiazole rings is 1. The molecule has 1 N–H and O–H groups in total. The summed E-state index contributed by atoms with van der Waals surface area (Å²) in [6.45, 7) is 1.76. The lowest BCUT2D eigenvalue weighted by molar-refractivity contribution is -0.115. The fourth-order valence-electron chi connectivity index (χ4n) is 2.60. The van der Waals surface area contributed by atoms with E-state index in [1.54, 1.807) is 31.2 Å². The number of methoxy groups -OCH3 is 1. The van der Waals surface area contributed by atoms with Gasteiger partial charge in [0.05, 0.1) is 19.2 Å². The summed E-state index contributed by atoms with van der Waals surface area (Å²) in [5.41, 5.74) is 0.117. The second kappa shape index (κ2) is 8.16. The number of carbonyl (C=O) groups is 1. The second-order valence-electron chi connectivity index (χ2n) is 5.93. The van der Waals surface area contributed by atoms with Crippen LogP contribution in [0.25, 0.3) is 11.3 Å². The molecule has 3 rings (SSSR count). The van der Waals surface area contributed by atoms with E-state index < -0.39 is 47.0 Å². The quantitative estimate of drug-likeness (QED) is 0.353. The Morgan fingerprint density at radius 3 is 2.10 bits per heavy atom. The summed E-state index contributed by atoms with van der Waals surface area (Å²) in [7, 11) is 1.53. The largest absolute Gasteiger partial charge is 0.497 e. The van der Waals surface area contributed by atoms with E-state index in [0.29, 0.717) is 11.4 Å². The van der Waals surface area contributed by atoms with Crippen LogP contribution in [0.15, 0.2) is 24.3 Å². The Morgan fingerprint density at radius 1 is 1.00 bits per heavy atom. The Morgan fingerprint density at radius 2 is 1.55 bits per heavy atom. The van der Waals surface area contributed by atoms with Crippen molar-refractivity contribution in [3.8, 4) is 17.0 Å². The molecular formula is C19H13F5N2O2S. The average molecular weight is 428 g/mol. The van der Waals surface area contributed by atoms with Crippen molar-refractivity contribution >= 4 is 22.4 Å². The number of anilines is 1. The van der Waals surface area contributed by atoms with Crippen LogP contribution in [0, 0.1) is 36.0 Å². The molecule has 0 unspecified atom stereocenters. The number of aromatic nitrogens is 1. The molecule has 0 spiro atoms. The van der Waals surface area contributed by atoms with Crippen LogP contribution in [0.4, 0.5) is 27.1 Å². The molecule has 0 atom stereocenters. The van der Waals surface area contributed by atoms with Gasteiger partial charge in [-0.05, 0) is 31.2 Å². The van der Waals surface area contributed by atoms with Gasteiger partial charge in [-0.25, -0.2) is 26.9 Å². The van der Waals surface area contributed by atoms with Crippen LogP contribution in [-0.4, -0.2) is 18.0 Å². The minimum Gasteiger partial charge on any atom is -0.497 e. The van der Waals surface area contributed by atoms with Crippen LogP contribution in [-0.2, 0) is 11.2 Å². The van der Waals surface area contributed by atoms with Crippen LogP contribution < -0.4 is 10.1 Å². The smallest absolute Gasteiger partial charge is 0.230 e. The fourth-order valence-corrected chi connectivity index (χ4v) is 3.45. The van der Waals surface area contributed by atoms with Crippen LogP contribution in [0.2, 0.25) is 0 Å². The van der Waals surface area contributed by atoms with E-state index in [4.69, 9.17) is 4.74 Å². The molecule has 29 heavy (non-hydrogen) atoms. The minimum atomic E-state index is -2.27. The van der Waals surface area contributed by atoms with Crippen molar-refractivity contribution in [2.75, 3.05) is 12.4 Å². The van der Waals surface area contributed by atoms with E-state index in [2.05, 4.69) is 10.3 Å². The number of aryl methyl sites for hydroxylation is 1. The molecule has 0 aliphatic heterocycles. The lowest BCUT2D eigenvalue weighted by Crippen LogP contribution is -2.18. The number of nitrogens with one attached hydrogen (secondary N) is 1. The number of halogens is 5. The molecule has 0 radical (unpaired) electrons. The Hall–Kier alpha value is -3.01. The zero-order chi connectivity index (χ0) is 21.3. The second-order valence-corrected chi connectivity index (χ2v) is 7.13. The van der Waals surface area contributed by atoms with E-state index >= 15 is 0 Å². The number of ether oxygens (including phenoxy) is 1.